The quantitative estimate of drug-likeness (QED) is 0.214. The van der Waals surface area contributed by atoms with Crippen LogP contribution in [0.4, 0.5) is 5.69 Å². The Labute approximate surface area is 198 Å². The molecular formula is C29H25N2O+. The molecule has 0 spiro atoms. The Morgan fingerprint density at radius 2 is 1.66 bits per heavy atom. The monoisotopic (exact) mass is 424 g/mol. The molecule has 0 bridgehead atoms. The topological polar surface area (TPSA) is 21.4 Å². The maximum absolute atomic E-state index is 8.61. The summed E-state index contributed by atoms with van der Waals surface area (Å²) < 4.78 is 66.7. The summed E-state index contributed by atoms with van der Waals surface area (Å²) in [6, 6.07) is 6.79. The molecule has 0 saturated heterocycles. The first-order valence-electron chi connectivity index (χ1n) is 13.7. The van der Waals surface area contributed by atoms with Crippen LogP contribution >= 0.6 is 0 Å². The van der Waals surface area contributed by atoms with Crippen molar-refractivity contribution in [3.05, 3.63) is 95.3 Å². The average Bonchev–Trinajstić information content (AvgIpc) is 3.25. The molecule has 3 heteroatoms. The van der Waals surface area contributed by atoms with Gasteiger partial charge in [-0.1, -0.05) is 68.3 Å². The molecule has 5 aromatic rings. The van der Waals surface area contributed by atoms with E-state index in [0.717, 1.165) is 16.5 Å². The number of aryl methyl sites for hydroxylation is 2. The molecule has 0 unspecified atom stereocenters. The second kappa shape index (κ2) is 7.66. The minimum Gasteiger partial charge on any atom is -0.456 e. The van der Waals surface area contributed by atoms with Crippen LogP contribution in [0.25, 0.3) is 49.2 Å². The van der Waals surface area contributed by atoms with Gasteiger partial charge >= 0.3 is 0 Å². The smallest absolute Gasteiger partial charge is 0.216 e. The number of nitrogens with zero attached hydrogens (tertiary/aromatic N) is 2. The largest absolute Gasteiger partial charge is 0.456 e. The number of rotatable bonds is 3. The molecule has 0 N–H and O–H groups in total. The van der Waals surface area contributed by atoms with Crippen molar-refractivity contribution in [3.63, 3.8) is 0 Å². The van der Waals surface area contributed by atoms with E-state index in [1.54, 1.807) is 38.2 Å². The van der Waals surface area contributed by atoms with Gasteiger partial charge in [0.05, 0.1) is 20.4 Å². The van der Waals surface area contributed by atoms with E-state index in [2.05, 4.69) is 4.85 Å². The fourth-order valence-electron chi connectivity index (χ4n) is 4.09. The summed E-state index contributed by atoms with van der Waals surface area (Å²) >= 11 is 0. The summed E-state index contributed by atoms with van der Waals surface area (Å²) in [5.41, 5.74) is 3.80. The van der Waals surface area contributed by atoms with Crippen LogP contribution in [0.1, 0.15) is 40.5 Å². The number of hydrogen-bond donors (Lipinski definition) is 0. The Hall–Kier alpha value is -3.90. The van der Waals surface area contributed by atoms with Crippen molar-refractivity contribution in [2.45, 2.75) is 26.7 Å². The second-order valence-corrected chi connectivity index (χ2v) is 8.01. The number of benzene rings is 3. The molecule has 0 fully saturated rings. The molecule has 0 aliphatic heterocycles. The van der Waals surface area contributed by atoms with Gasteiger partial charge in [-0.2, -0.15) is 0 Å². The Kier molecular flexibility index (Phi) is 3.23. The first-order chi connectivity index (χ1) is 18.3. The standard InChI is InChI=1S/C29H25N2O/c1-18(2)21-12-16-25(31(5)17-21)26-19(3)11-13-22-23-14-15-24(30-4)27(29(23)32-28(22)26)20-9-7-6-8-10-20/h6-18H,1-3,5H3/q+1/i6D,7D,8D,9D,10D,12D,18D. The van der Waals surface area contributed by atoms with E-state index in [4.69, 9.17) is 20.6 Å². The van der Waals surface area contributed by atoms with E-state index in [9.17, 15) is 0 Å². The normalized spacial score (nSPS) is 14.8. The fraction of sp³-hybridized carbons (Fsp3) is 0.172. The van der Waals surface area contributed by atoms with E-state index >= 15 is 0 Å². The van der Waals surface area contributed by atoms with E-state index < -0.39 is 36.1 Å². The van der Waals surface area contributed by atoms with Crippen LogP contribution in [0.2, 0.25) is 0 Å². The van der Waals surface area contributed by atoms with E-state index in [-0.39, 0.29) is 28.4 Å². The molecule has 2 aromatic heterocycles. The number of aromatic nitrogens is 1. The predicted octanol–water partition coefficient (Wildman–Crippen LogP) is 7.73. The third-order valence-corrected chi connectivity index (χ3v) is 5.73. The molecule has 2 heterocycles. The van der Waals surface area contributed by atoms with Crippen molar-refractivity contribution in [2.75, 3.05) is 0 Å². The zero-order valence-electron chi connectivity index (χ0n) is 25.3. The van der Waals surface area contributed by atoms with E-state index in [1.807, 2.05) is 30.7 Å². The second-order valence-electron chi connectivity index (χ2n) is 8.01. The number of fused-ring (bicyclic) bond motifs is 3. The van der Waals surface area contributed by atoms with Gasteiger partial charge in [-0.05, 0) is 30.0 Å². The van der Waals surface area contributed by atoms with Gasteiger partial charge in [0.1, 0.15) is 18.2 Å². The highest BCUT2D eigenvalue weighted by Crippen LogP contribution is 2.44. The van der Waals surface area contributed by atoms with Gasteiger partial charge in [0.25, 0.3) is 0 Å². The van der Waals surface area contributed by atoms with Crippen LogP contribution in [0.15, 0.2) is 77.2 Å². The van der Waals surface area contributed by atoms with Crippen molar-refractivity contribution in [1.82, 2.24) is 0 Å². The maximum atomic E-state index is 8.61. The molecular weight excluding hydrogens is 392 g/mol. The maximum Gasteiger partial charge on any atom is 0.216 e. The van der Waals surface area contributed by atoms with Gasteiger partial charge in [-0.15, -0.1) is 0 Å². The van der Waals surface area contributed by atoms with Gasteiger partial charge in [-0.25, -0.2) is 9.41 Å². The van der Waals surface area contributed by atoms with Crippen LogP contribution in [0.3, 0.4) is 0 Å². The summed E-state index contributed by atoms with van der Waals surface area (Å²) in [7, 11) is 1.85. The van der Waals surface area contributed by atoms with Gasteiger partial charge in [-0.3, -0.25) is 0 Å². The Morgan fingerprint density at radius 1 is 0.969 bits per heavy atom. The molecule has 156 valence electrons. The Balaban J connectivity index is 1.92. The summed E-state index contributed by atoms with van der Waals surface area (Å²) in [5, 5.41) is 1.37. The highest BCUT2D eigenvalue weighted by Gasteiger charge is 2.23. The average molecular weight is 425 g/mol. The summed E-state index contributed by atoms with van der Waals surface area (Å²) in [6.45, 7) is 13.2. The van der Waals surface area contributed by atoms with Crippen LogP contribution in [0.5, 0.6) is 0 Å². The Morgan fingerprint density at radius 3 is 2.34 bits per heavy atom. The molecule has 5 rings (SSSR count). The first-order valence-corrected chi connectivity index (χ1v) is 10.2. The zero-order valence-corrected chi connectivity index (χ0v) is 18.3. The highest BCUT2D eigenvalue weighted by molar-refractivity contribution is 6.15. The third-order valence-electron chi connectivity index (χ3n) is 5.73. The number of furan rings is 1. The van der Waals surface area contributed by atoms with Crippen molar-refractivity contribution in [1.29, 1.82) is 0 Å². The van der Waals surface area contributed by atoms with Crippen LogP contribution in [-0.4, -0.2) is 0 Å². The SMILES string of the molecule is [2H]c1cc(-c2c(C)ccc3c2oc2c(-c4c([2H])c([2H])c([2H])c([2H])c4[2H])c([N+]#[C-])ccc23)[n+](C)cc1C([2H])(C)C. The summed E-state index contributed by atoms with van der Waals surface area (Å²) in [6.07, 6.45) is 1.78. The molecule has 3 aromatic carbocycles. The minimum atomic E-state index is -0.956. The van der Waals surface area contributed by atoms with Crippen LogP contribution in [0, 0.1) is 13.5 Å². The van der Waals surface area contributed by atoms with Crippen molar-refractivity contribution < 1.29 is 18.6 Å². The summed E-state index contributed by atoms with van der Waals surface area (Å²) in [4.78, 5) is 3.60. The van der Waals surface area contributed by atoms with E-state index in [1.165, 1.54) is 0 Å². The molecule has 0 radical (unpaired) electrons. The molecule has 0 aliphatic rings. The predicted molar refractivity (Wildman–Crippen MR) is 131 cm³/mol. The lowest BCUT2D eigenvalue weighted by Crippen LogP contribution is -2.31. The summed E-state index contributed by atoms with van der Waals surface area (Å²) in [5.74, 6) is -0.956. The lowest BCUT2D eigenvalue weighted by Gasteiger charge is -2.08. The van der Waals surface area contributed by atoms with Crippen LogP contribution in [-0.2, 0) is 7.05 Å². The number of pyridine rings is 1. The van der Waals surface area contributed by atoms with Crippen molar-refractivity contribution in [3.8, 4) is 22.4 Å². The van der Waals surface area contributed by atoms with Crippen molar-refractivity contribution in [2.24, 2.45) is 7.05 Å². The third kappa shape index (κ3) is 3.08. The minimum absolute atomic E-state index is 0.0871. The Bertz CT molecular complexity index is 1870. The van der Waals surface area contributed by atoms with Gasteiger partial charge in [0.2, 0.25) is 5.69 Å². The molecule has 3 nitrogen and oxygen atoms in total. The molecule has 0 aliphatic carbocycles. The highest BCUT2D eigenvalue weighted by atomic mass is 16.3. The molecule has 0 amide bonds. The van der Waals surface area contributed by atoms with E-state index in [0.29, 0.717) is 22.2 Å². The molecule has 0 atom stereocenters. The lowest BCUT2D eigenvalue weighted by atomic mass is 9.97. The van der Waals surface area contributed by atoms with Gasteiger partial charge < -0.3 is 4.42 Å². The zero-order chi connectivity index (χ0) is 28.5. The van der Waals surface area contributed by atoms with Crippen LogP contribution < -0.4 is 4.57 Å². The van der Waals surface area contributed by atoms with Gasteiger partial charge in [0.15, 0.2) is 11.9 Å². The van der Waals surface area contributed by atoms with Crippen molar-refractivity contribution >= 4 is 27.6 Å². The first kappa shape index (κ1) is 13.5. The molecule has 32 heavy (non-hydrogen) atoms. The fourth-order valence-corrected chi connectivity index (χ4v) is 4.09. The number of hydrogen-bond acceptors (Lipinski definition) is 1. The molecule has 0 saturated carbocycles. The van der Waals surface area contributed by atoms with Gasteiger partial charge in [0, 0.05) is 29.3 Å². The lowest BCUT2D eigenvalue weighted by molar-refractivity contribution is -0.660.